The molecule has 0 spiro atoms. The summed E-state index contributed by atoms with van der Waals surface area (Å²) in [5, 5.41) is 10.1. The Labute approximate surface area is 111 Å². The molecule has 0 bridgehead atoms. The van der Waals surface area contributed by atoms with Crippen LogP contribution in [0.25, 0.3) is 0 Å². The van der Waals surface area contributed by atoms with Gasteiger partial charge in [0.05, 0.1) is 13.2 Å². The third-order valence-corrected chi connectivity index (χ3v) is 3.00. The quantitative estimate of drug-likeness (QED) is 0.832. The Balaban J connectivity index is 2.19. The predicted molar refractivity (Wildman–Crippen MR) is 72.5 cm³/mol. The Kier molecular flexibility index (Phi) is 4.02. The second-order valence-corrected chi connectivity index (χ2v) is 4.32. The number of rotatable bonds is 4. The molecule has 3 N–H and O–H groups in total. The van der Waals surface area contributed by atoms with Gasteiger partial charge in [-0.2, -0.15) is 0 Å². The van der Waals surface area contributed by atoms with E-state index in [1.165, 1.54) is 7.11 Å². The molecular weight excluding hydrogens is 245 g/mol. The number of nitrogens with two attached hydrogens (primary N) is 1. The van der Waals surface area contributed by atoms with Crippen LogP contribution in [0, 0.1) is 5.82 Å². The number of aliphatic hydroxyl groups is 1. The fourth-order valence-electron chi connectivity index (χ4n) is 1.92. The van der Waals surface area contributed by atoms with Crippen LogP contribution in [0.5, 0.6) is 5.75 Å². The van der Waals surface area contributed by atoms with E-state index in [2.05, 4.69) is 0 Å². The van der Waals surface area contributed by atoms with Gasteiger partial charge in [-0.3, -0.25) is 0 Å². The van der Waals surface area contributed by atoms with Crippen molar-refractivity contribution in [1.82, 2.24) is 0 Å². The van der Waals surface area contributed by atoms with E-state index >= 15 is 0 Å². The Hall–Kier alpha value is -2.07. The van der Waals surface area contributed by atoms with Crippen LogP contribution in [0.15, 0.2) is 42.5 Å². The van der Waals surface area contributed by atoms with Crippen molar-refractivity contribution >= 4 is 5.69 Å². The first kappa shape index (κ1) is 13.4. The van der Waals surface area contributed by atoms with Gasteiger partial charge in [-0.05, 0) is 29.3 Å². The molecule has 0 radical (unpaired) electrons. The van der Waals surface area contributed by atoms with Crippen LogP contribution < -0.4 is 10.5 Å². The Morgan fingerprint density at radius 3 is 2.53 bits per heavy atom. The average molecular weight is 261 g/mol. The Morgan fingerprint density at radius 2 is 1.89 bits per heavy atom. The number of benzene rings is 2. The number of methoxy groups -OCH3 is 1. The van der Waals surface area contributed by atoms with Crippen molar-refractivity contribution in [2.45, 2.75) is 12.5 Å². The van der Waals surface area contributed by atoms with Crippen molar-refractivity contribution in [2.75, 3.05) is 12.8 Å². The lowest BCUT2D eigenvalue weighted by Gasteiger charge is -2.13. The average Bonchev–Trinajstić information content (AvgIpc) is 2.42. The molecule has 4 heteroatoms. The number of nitrogen functional groups attached to an aromatic ring is 1. The van der Waals surface area contributed by atoms with E-state index in [0.717, 1.165) is 0 Å². The summed E-state index contributed by atoms with van der Waals surface area (Å²) in [6.45, 7) is 0. The molecule has 100 valence electrons. The first-order valence-electron chi connectivity index (χ1n) is 5.96. The summed E-state index contributed by atoms with van der Waals surface area (Å²) in [5.41, 5.74) is 7.34. The molecule has 1 unspecified atom stereocenters. The van der Waals surface area contributed by atoms with Crippen LogP contribution in [0.3, 0.4) is 0 Å². The molecule has 0 saturated carbocycles. The molecule has 0 aliphatic rings. The van der Waals surface area contributed by atoms with Crippen LogP contribution in [-0.4, -0.2) is 12.2 Å². The monoisotopic (exact) mass is 261 g/mol. The van der Waals surface area contributed by atoms with E-state index in [1.807, 2.05) is 0 Å². The molecule has 0 saturated heterocycles. The van der Waals surface area contributed by atoms with E-state index in [1.54, 1.807) is 42.5 Å². The number of aliphatic hydroxyl groups excluding tert-OH is 1. The van der Waals surface area contributed by atoms with Gasteiger partial charge in [0.2, 0.25) is 0 Å². The van der Waals surface area contributed by atoms with Crippen LogP contribution >= 0.6 is 0 Å². The third kappa shape index (κ3) is 3.03. The summed E-state index contributed by atoms with van der Waals surface area (Å²) >= 11 is 0. The van der Waals surface area contributed by atoms with Gasteiger partial charge >= 0.3 is 0 Å². The summed E-state index contributed by atoms with van der Waals surface area (Å²) in [5.74, 6) is -0.249. The standard InChI is InChI=1S/C15H16FNO2/c1-19-14-4-2-3-11(15(14)16)9-13(18)10-5-7-12(17)8-6-10/h2-8,13,18H,9,17H2,1H3. The fraction of sp³-hybridized carbons (Fsp3) is 0.200. The van der Waals surface area contributed by atoms with Crippen molar-refractivity contribution < 1.29 is 14.2 Å². The highest BCUT2D eigenvalue weighted by Gasteiger charge is 2.14. The number of hydrogen-bond acceptors (Lipinski definition) is 3. The SMILES string of the molecule is COc1cccc(CC(O)c2ccc(N)cc2)c1F. The molecule has 19 heavy (non-hydrogen) atoms. The highest BCUT2D eigenvalue weighted by molar-refractivity contribution is 5.40. The zero-order valence-corrected chi connectivity index (χ0v) is 10.6. The van der Waals surface area contributed by atoms with E-state index in [-0.39, 0.29) is 12.2 Å². The molecule has 0 fully saturated rings. The number of halogens is 1. The highest BCUT2D eigenvalue weighted by atomic mass is 19.1. The maximum absolute atomic E-state index is 14.0. The second kappa shape index (κ2) is 5.71. The first-order chi connectivity index (χ1) is 9.11. The van der Waals surface area contributed by atoms with Gasteiger partial charge in [0.15, 0.2) is 11.6 Å². The molecule has 0 aliphatic carbocycles. The third-order valence-electron chi connectivity index (χ3n) is 3.00. The second-order valence-electron chi connectivity index (χ2n) is 4.32. The van der Waals surface area contributed by atoms with Crippen LogP contribution in [0.4, 0.5) is 10.1 Å². The zero-order chi connectivity index (χ0) is 13.8. The summed E-state index contributed by atoms with van der Waals surface area (Å²) in [7, 11) is 1.42. The molecule has 3 nitrogen and oxygen atoms in total. The van der Waals surface area contributed by atoms with Crippen LogP contribution in [-0.2, 0) is 6.42 Å². The molecule has 0 amide bonds. The maximum Gasteiger partial charge on any atom is 0.168 e. The lowest BCUT2D eigenvalue weighted by molar-refractivity contribution is 0.177. The number of anilines is 1. The van der Waals surface area contributed by atoms with Gasteiger partial charge in [0.1, 0.15) is 0 Å². The minimum Gasteiger partial charge on any atom is -0.494 e. The number of hydrogen-bond donors (Lipinski definition) is 2. The van der Waals surface area contributed by atoms with Gasteiger partial charge < -0.3 is 15.6 Å². The molecule has 2 aromatic rings. The van der Waals surface area contributed by atoms with Crippen molar-refractivity contribution in [1.29, 1.82) is 0 Å². The number of ether oxygens (including phenoxy) is 1. The molecule has 0 aliphatic heterocycles. The summed E-state index contributed by atoms with van der Waals surface area (Å²) < 4.78 is 18.9. The van der Waals surface area contributed by atoms with Gasteiger partial charge in [-0.15, -0.1) is 0 Å². The van der Waals surface area contributed by atoms with Crippen LogP contribution in [0.1, 0.15) is 17.2 Å². The topological polar surface area (TPSA) is 55.5 Å². The molecule has 2 aromatic carbocycles. The summed E-state index contributed by atoms with van der Waals surface area (Å²) in [4.78, 5) is 0. The van der Waals surface area contributed by atoms with E-state index in [4.69, 9.17) is 10.5 Å². The van der Waals surface area contributed by atoms with E-state index in [0.29, 0.717) is 16.8 Å². The predicted octanol–water partition coefficient (Wildman–Crippen LogP) is 2.69. The highest BCUT2D eigenvalue weighted by Crippen LogP contribution is 2.25. The van der Waals surface area contributed by atoms with Gasteiger partial charge in [-0.25, -0.2) is 4.39 Å². The first-order valence-corrected chi connectivity index (χ1v) is 5.96. The molecule has 2 rings (SSSR count). The van der Waals surface area contributed by atoms with Crippen molar-refractivity contribution in [3.63, 3.8) is 0 Å². The van der Waals surface area contributed by atoms with Crippen molar-refractivity contribution in [3.05, 3.63) is 59.4 Å². The van der Waals surface area contributed by atoms with Gasteiger partial charge in [0, 0.05) is 12.1 Å². The van der Waals surface area contributed by atoms with E-state index in [9.17, 15) is 9.50 Å². The van der Waals surface area contributed by atoms with Gasteiger partial charge in [-0.1, -0.05) is 24.3 Å². The summed E-state index contributed by atoms with van der Waals surface area (Å²) in [6.07, 6.45) is -0.588. The van der Waals surface area contributed by atoms with Gasteiger partial charge in [0.25, 0.3) is 0 Å². The smallest absolute Gasteiger partial charge is 0.168 e. The van der Waals surface area contributed by atoms with E-state index < -0.39 is 11.9 Å². The maximum atomic E-state index is 14.0. The molecule has 0 heterocycles. The van der Waals surface area contributed by atoms with Crippen LogP contribution in [0.2, 0.25) is 0 Å². The lowest BCUT2D eigenvalue weighted by Crippen LogP contribution is -2.04. The zero-order valence-electron chi connectivity index (χ0n) is 10.6. The largest absolute Gasteiger partial charge is 0.494 e. The Bertz CT molecular complexity index is 555. The van der Waals surface area contributed by atoms with Crippen molar-refractivity contribution in [2.24, 2.45) is 0 Å². The minimum absolute atomic E-state index is 0.182. The molecule has 1 atom stereocenters. The minimum atomic E-state index is -0.776. The fourth-order valence-corrected chi connectivity index (χ4v) is 1.92. The normalized spacial score (nSPS) is 12.2. The lowest BCUT2D eigenvalue weighted by atomic mass is 10.0. The molecular formula is C15H16FNO2. The Morgan fingerprint density at radius 1 is 1.21 bits per heavy atom. The molecule has 0 aromatic heterocycles. The van der Waals surface area contributed by atoms with Crippen molar-refractivity contribution in [3.8, 4) is 5.75 Å². The summed E-state index contributed by atoms with van der Waals surface area (Å²) in [6, 6.07) is 11.8.